The summed E-state index contributed by atoms with van der Waals surface area (Å²) in [7, 11) is 0. The average molecular weight is 331 g/mol. The molecule has 2 aromatic rings. The molecule has 2 aromatic heterocycles. The van der Waals surface area contributed by atoms with E-state index >= 15 is 0 Å². The second-order valence-electron chi connectivity index (χ2n) is 5.91. The van der Waals surface area contributed by atoms with Gasteiger partial charge in [-0.2, -0.15) is 0 Å². The highest BCUT2D eigenvalue weighted by Gasteiger charge is 2.32. The lowest BCUT2D eigenvalue weighted by Gasteiger charge is -2.34. The largest absolute Gasteiger partial charge is 0.461 e. The van der Waals surface area contributed by atoms with Crippen LogP contribution in [0.3, 0.4) is 0 Å². The molecule has 0 saturated carbocycles. The Balaban J connectivity index is 1.77. The Hall–Kier alpha value is -2.34. The predicted octanol–water partition coefficient (Wildman–Crippen LogP) is 2.86. The van der Waals surface area contributed by atoms with Gasteiger partial charge >= 0.3 is 0 Å². The molecule has 1 fully saturated rings. The molecule has 0 bridgehead atoms. The number of amides is 1. The zero-order valence-electron chi connectivity index (χ0n) is 13.9. The number of furan rings is 2. The molecule has 0 aromatic carbocycles. The van der Waals surface area contributed by atoms with E-state index in [0.717, 1.165) is 17.7 Å². The molecule has 1 unspecified atom stereocenters. The van der Waals surface area contributed by atoms with Gasteiger partial charge in [-0.05, 0) is 25.1 Å². The Morgan fingerprint density at radius 3 is 2.88 bits per heavy atom. The number of nitrogens with zero attached hydrogens (tertiary/aromatic N) is 1. The van der Waals surface area contributed by atoms with Gasteiger partial charge in [0.2, 0.25) is 0 Å². The fraction of sp³-hybridized carbons (Fsp3) is 0.444. The molecule has 1 aliphatic rings. The number of hydrogen-bond donors (Lipinski definition) is 0. The molecular formula is C18H21NO5. The Morgan fingerprint density at radius 2 is 2.21 bits per heavy atom. The second-order valence-corrected chi connectivity index (χ2v) is 5.91. The van der Waals surface area contributed by atoms with Crippen molar-refractivity contribution in [2.75, 3.05) is 19.8 Å². The third-order valence-electron chi connectivity index (χ3n) is 4.22. The number of aryl methyl sites for hydroxylation is 2. The van der Waals surface area contributed by atoms with Crippen LogP contribution in [0.4, 0.5) is 0 Å². The van der Waals surface area contributed by atoms with Crippen LogP contribution >= 0.6 is 0 Å². The van der Waals surface area contributed by atoms with Gasteiger partial charge in [-0.1, -0.05) is 6.92 Å². The molecular weight excluding hydrogens is 310 g/mol. The maximum absolute atomic E-state index is 12.9. The maximum atomic E-state index is 12.9. The SMILES string of the molecule is CCc1cc(C)c(C(=O)N2CCOCC2CC(=O)c2ccco2)o1. The molecule has 1 atom stereocenters. The lowest BCUT2D eigenvalue weighted by atomic mass is 10.1. The molecule has 6 nitrogen and oxygen atoms in total. The summed E-state index contributed by atoms with van der Waals surface area (Å²) in [6, 6.07) is 4.86. The summed E-state index contributed by atoms with van der Waals surface area (Å²) in [5, 5.41) is 0. The lowest BCUT2D eigenvalue weighted by Crippen LogP contribution is -2.49. The van der Waals surface area contributed by atoms with Crippen molar-refractivity contribution in [1.82, 2.24) is 4.90 Å². The summed E-state index contributed by atoms with van der Waals surface area (Å²) in [4.78, 5) is 26.8. The average Bonchev–Trinajstić information content (AvgIpc) is 3.24. The molecule has 24 heavy (non-hydrogen) atoms. The van der Waals surface area contributed by atoms with E-state index in [-0.39, 0.29) is 24.2 Å². The van der Waals surface area contributed by atoms with E-state index < -0.39 is 0 Å². The van der Waals surface area contributed by atoms with E-state index in [4.69, 9.17) is 13.6 Å². The first-order chi connectivity index (χ1) is 11.6. The Morgan fingerprint density at radius 1 is 1.38 bits per heavy atom. The van der Waals surface area contributed by atoms with Gasteiger partial charge in [0, 0.05) is 24.9 Å². The van der Waals surface area contributed by atoms with Gasteiger partial charge in [-0.15, -0.1) is 0 Å². The van der Waals surface area contributed by atoms with E-state index in [1.165, 1.54) is 6.26 Å². The summed E-state index contributed by atoms with van der Waals surface area (Å²) in [6.45, 7) is 5.07. The monoisotopic (exact) mass is 331 g/mol. The van der Waals surface area contributed by atoms with Gasteiger partial charge < -0.3 is 18.5 Å². The van der Waals surface area contributed by atoms with Gasteiger partial charge in [0.25, 0.3) is 5.91 Å². The summed E-state index contributed by atoms with van der Waals surface area (Å²) in [6.07, 6.45) is 2.36. The minimum atomic E-state index is -0.321. The molecule has 0 N–H and O–H groups in total. The Labute approximate surface area is 140 Å². The molecule has 1 saturated heterocycles. The molecule has 0 radical (unpaired) electrons. The number of ether oxygens (including phenoxy) is 1. The molecule has 128 valence electrons. The highest BCUT2D eigenvalue weighted by atomic mass is 16.5. The zero-order chi connectivity index (χ0) is 17.1. The zero-order valence-corrected chi connectivity index (χ0v) is 13.9. The van der Waals surface area contributed by atoms with Gasteiger partial charge in [-0.3, -0.25) is 9.59 Å². The van der Waals surface area contributed by atoms with E-state index in [9.17, 15) is 9.59 Å². The Kier molecular flexibility index (Phi) is 4.85. The van der Waals surface area contributed by atoms with E-state index in [1.54, 1.807) is 17.0 Å². The van der Waals surface area contributed by atoms with Crippen LogP contribution in [0.5, 0.6) is 0 Å². The number of hydrogen-bond acceptors (Lipinski definition) is 5. The van der Waals surface area contributed by atoms with Gasteiger partial charge in [-0.25, -0.2) is 0 Å². The number of ketones is 1. The third kappa shape index (κ3) is 3.28. The minimum Gasteiger partial charge on any atom is -0.461 e. The quantitative estimate of drug-likeness (QED) is 0.788. The van der Waals surface area contributed by atoms with Crippen molar-refractivity contribution in [2.24, 2.45) is 0 Å². The highest BCUT2D eigenvalue weighted by molar-refractivity contribution is 5.96. The van der Waals surface area contributed by atoms with Crippen LogP contribution in [0.25, 0.3) is 0 Å². The number of carbonyl (C=O) groups is 2. The van der Waals surface area contributed by atoms with Crippen molar-refractivity contribution >= 4 is 11.7 Å². The normalized spacial score (nSPS) is 17.9. The molecule has 6 heteroatoms. The molecule has 3 heterocycles. The summed E-state index contributed by atoms with van der Waals surface area (Å²) >= 11 is 0. The fourth-order valence-corrected chi connectivity index (χ4v) is 2.91. The maximum Gasteiger partial charge on any atom is 0.290 e. The second kappa shape index (κ2) is 7.05. The molecule has 0 spiro atoms. The van der Waals surface area contributed by atoms with Crippen LogP contribution in [0.15, 0.2) is 33.3 Å². The highest BCUT2D eigenvalue weighted by Crippen LogP contribution is 2.22. The van der Waals surface area contributed by atoms with Crippen molar-refractivity contribution < 1.29 is 23.2 Å². The first kappa shape index (κ1) is 16.5. The summed E-state index contributed by atoms with van der Waals surface area (Å²) in [5.74, 6) is 1.11. The fourth-order valence-electron chi connectivity index (χ4n) is 2.91. The molecule has 3 rings (SSSR count). The number of carbonyl (C=O) groups excluding carboxylic acids is 2. The topological polar surface area (TPSA) is 72.9 Å². The van der Waals surface area contributed by atoms with Crippen LogP contribution in [0.2, 0.25) is 0 Å². The van der Waals surface area contributed by atoms with Crippen LogP contribution in [-0.2, 0) is 11.2 Å². The van der Waals surface area contributed by atoms with Crippen LogP contribution < -0.4 is 0 Å². The van der Waals surface area contributed by atoms with Gasteiger partial charge in [0.15, 0.2) is 17.3 Å². The summed E-state index contributed by atoms with van der Waals surface area (Å²) < 4.78 is 16.3. The van der Waals surface area contributed by atoms with Crippen molar-refractivity contribution in [3.05, 3.63) is 47.3 Å². The van der Waals surface area contributed by atoms with Crippen molar-refractivity contribution in [2.45, 2.75) is 32.7 Å². The number of Topliss-reactive ketones (excluding diaryl/α,β-unsaturated/α-hetero) is 1. The van der Waals surface area contributed by atoms with Crippen molar-refractivity contribution in [3.8, 4) is 0 Å². The number of morpholine rings is 1. The summed E-state index contributed by atoms with van der Waals surface area (Å²) in [5.41, 5.74) is 0.819. The standard InChI is InChI=1S/C18H21NO5/c1-3-14-9-12(2)17(24-14)18(21)19-6-8-22-11-13(19)10-15(20)16-5-4-7-23-16/h4-5,7,9,13H,3,6,8,10-11H2,1-2H3. The van der Waals surface area contributed by atoms with E-state index in [1.807, 2.05) is 19.9 Å². The first-order valence-electron chi connectivity index (χ1n) is 8.15. The van der Waals surface area contributed by atoms with Crippen LogP contribution in [-0.4, -0.2) is 42.4 Å². The van der Waals surface area contributed by atoms with Gasteiger partial charge in [0.1, 0.15) is 5.76 Å². The molecule has 0 aliphatic carbocycles. The predicted molar refractivity (Wildman–Crippen MR) is 86.1 cm³/mol. The van der Waals surface area contributed by atoms with Crippen LogP contribution in [0, 0.1) is 6.92 Å². The van der Waals surface area contributed by atoms with E-state index in [2.05, 4.69) is 0 Å². The van der Waals surface area contributed by atoms with Crippen molar-refractivity contribution in [1.29, 1.82) is 0 Å². The van der Waals surface area contributed by atoms with Crippen LogP contribution in [0.1, 0.15) is 45.8 Å². The first-order valence-corrected chi connectivity index (χ1v) is 8.15. The van der Waals surface area contributed by atoms with Crippen molar-refractivity contribution in [3.63, 3.8) is 0 Å². The Bertz CT molecular complexity index is 716. The molecule has 1 amide bonds. The minimum absolute atomic E-state index is 0.140. The van der Waals surface area contributed by atoms with E-state index in [0.29, 0.717) is 31.3 Å². The smallest absolute Gasteiger partial charge is 0.290 e. The number of rotatable bonds is 5. The molecule has 1 aliphatic heterocycles. The third-order valence-corrected chi connectivity index (χ3v) is 4.22. The lowest BCUT2D eigenvalue weighted by molar-refractivity contribution is -0.00464. The van der Waals surface area contributed by atoms with Gasteiger partial charge in [0.05, 0.1) is 25.5 Å².